The fourth-order valence-corrected chi connectivity index (χ4v) is 2.50. The van der Waals surface area contributed by atoms with E-state index in [0.717, 1.165) is 19.4 Å². The molecule has 1 heterocycles. The molecule has 6 heteroatoms. The molecule has 1 fully saturated rings. The third kappa shape index (κ3) is 4.58. The second kappa shape index (κ2) is 8.20. The Balaban J connectivity index is 0.00000220. The number of para-hydroxylation sites is 1. The van der Waals surface area contributed by atoms with Gasteiger partial charge in [0.05, 0.1) is 12.2 Å². The van der Waals surface area contributed by atoms with Crippen molar-refractivity contribution >= 4 is 18.3 Å². The number of carbonyl (C=O) groups is 1. The third-order valence-corrected chi connectivity index (χ3v) is 3.46. The standard InChI is InChI=1S/C15H21FN2O2.ClH/c1-3-20-14-12(5-4-6-13(14)16)15(19)18-11-7-8-17-10(2)9-11;/h4-6,10-11,17H,3,7-9H2,1-2H3,(H,18,19);1H. The van der Waals surface area contributed by atoms with Crippen molar-refractivity contribution in [1.29, 1.82) is 0 Å². The first-order chi connectivity index (χ1) is 9.61. The average molecular weight is 317 g/mol. The average Bonchev–Trinajstić information content (AvgIpc) is 2.41. The van der Waals surface area contributed by atoms with Gasteiger partial charge in [0.2, 0.25) is 0 Å². The van der Waals surface area contributed by atoms with Crippen molar-refractivity contribution in [2.24, 2.45) is 0 Å². The van der Waals surface area contributed by atoms with Crippen LogP contribution in [0, 0.1) is 5.82 Å². The fraction of sp³-hybridized carbons (Fsp3) is 0.533. The Morgan fingerprint density at radius 2 is 2.29 bits per heavy atom. The van der Waals surface area contributed by atoms with E-state index in [9.17, 15) is 9.18 Å². The second-order valence-electron chi connectivity index (χ2n) is 5.10. The molecular formula is C15H22ClFN2O2. The predicted octanol–water partition coefficient (Wildman–Crippen LogP) is 2.52. The molecule has 118 valence electrons. The number of ether oxygens (including phenoxy) is 1. The van der Waals surface area contributed by atoms with Crippen molar-refractivity contribution < 1.29 is 13.9 Å². The molecule has 1 aliphatic heterocycles. The molecule has 2 unspecified atom stereocenters. The number of benzene rings is 1. The van der Waals surface area contributed by atoms with E-state index >= 15 is 0 Å². The first-order valence-electron chi connectivity index (χ1n) is 7.07. The van der Waals surface area contributed by atoms with Gasteiger partial charge >= 0.3 is 0 Å². The first-order valence-corrected chi connectivity index (χ1v) is 7.07. The van der Waals surface area contributed by atoms with Crippen LogP contribution in [0.3, 0.4) is 0 Å². The van der Waals surface area contributed by atoms with Crippen LogP contribution in [0.5, 0.6) is 5.75 Å². The Kier molecular flexibility index (Phi) is 6.92. The van der Waals surface area contributed by atoms with E-state index in [0.29, 0.717) is 12.6 Å². The monoisotopic (exact) mass is 316 g/mol. The molecule has 4 nitrogen and oxygen atoms in total. The maximum absolute atomic E-state index is 13.7. The lowest BCUT2D eigenvalue weighted by Gasteiger charge is -2.28. The van der Waals surface area contributed by atoms with Gasteiger partial charge in [0.15, 0.2) is 11.6 Å². The largest absolute Gasteiger partial charge is 0.490 e. The summed E-state index contributed by atoms with van der Waals surface area (Å²) in [7, 11) is 0. The number of rotatable bonds is 4. The van der Waals surface area contributed by atoms with Crippen LogP contribution in [0.25, 0.3) is 0 Å². The number of halogens is 2. The normalized spacial score (nSPS) is 21.3. The van der Waals surface area contributed by atoms with Crippen LogP contribution in [0.4, 0.5) is 4.39 Å². The van der Waals surface area contributed by atoms with Crippen molar-refractivity contribution in [2.75, 3.05) is 13.2 Å². The zero-order chi connectivity index (χ0) is 14.5. The summed E-state index contributed by atoms with van der Waals surface area (Å²) in [6.07, 6.45) is 1.76. The van der Waals surface area contributed by atoms with E-state index in [1.54, 1.807) is 13.0 Å². The molecule has 0 saturated carbocycles. The molecule has 21 heavy (non-hydrogen) atoms. The Labute approximate surface area is 130 Å². The van der Waals surface area contributed by atoms with Crippen molar-refractivity contribution in [3.8, 4) is 5.75 Å². The number of nitrogens with one attached hydrogen (secondary N) is 2. The van der Waals surface area contributed by atoms with Gasteiger partial charge in [0, 0.05) is 12.1 Å². The lowest BCUT2D eigenvalue weighted by atomic mass is 10.00. The first kappa shape index (κ1) is 17.7. The summed E-state index contributed by atoms with van der Waals surface area (Å²) in [6.45, 7) is 5.06. The van der Waals surface area contributed by atoms with Crippen molar-refractivity contribution in [2.45, 2.75) is 38.8 Å². The minimum absolute atomic E-state index is 0. The molecule has 1 saturated heterocycles. The van der Waals surface area contributed by atoms with Gasteiger partial charge in [-0.15, -0.1) is 12.4 Å². The minimum atomic E-state index is -0.502. The van der Waals surface area contributed by atoms with E-state index in [4.69, 9.17) is 4.74 Å². The number of hydrogen-bond donors (Lipinski definition) is 2. The Hall–Kier alpha value is -1.33. The summed E-state index contributed by atoms with van der Waals surface area (Å²) in [5, 5.41) is 6.30. The Bertz CT molecular complexity index is 485. The van der Waals surface area contributed by atoms with Crippen LogP contribution in [-0.2, 0) is 0 Å². The molecule has 2 rings (SSSR count). The highest BCUT2D eigenvalue weighted by Crippen LogP contribution is 2.23. The number of piperidine rings is 1. The molecule has 2 N–H and O–H groups in total. The summed E-state index contributed by atoms with van der Waals surface area (Å²) in [6, 6.07) is 4.92. The van der Waals surface area contributed by atoms with Crippen molar-refractivity contribution in [3.05, 3.63) is 29.6 Å². The van der Waals surface area contributed by atoms with Crippen LogP contribution in [0.2, 0.25) is 0 Å². The predicted molar refractivity (Wildman–Crippen MR) is 82.8 cm³/mol. The van der Waals surface area contributed by atoms with Gasteiger partial charge in [0.25, 0.3) is 5.91 Å². The lowest BCUT2D eigenvalue weighted by molar-refractivity contribution is 0.0921. The minimum Gasteiger partial charge on any atom is -0.490 e. The Morgan fingerprint density at radius 3 is 2.95 bits per heavy atom. The summed E-state index contributed by atoms with van der Waals surface area (Å²) in [4.78, 5) is 12.3. The SMILES string of the molecule is CCOc1c(F)cccc1C(=O)NC1CCNC(C)C1.Cl. The van der Waals surface area contributed by atoms with E-state index < -0.39 is 5.82 Å². The maximum Gasteiger partial charge on any atom is 0.255 e. The molecule has 0 aliphatic carbocycles. The van der Waals surface area contributed by atoms with Gasteiger partial charge in [0.1, 0.15) is 0 Å². The highest BCUT2D eigenvalue weighted by Gasteiger charge is 2.23. The van der Waals surface area contributed by atoms with E-state index in [1.807, 2.05) is 0 Å². The van der Waals surface area contributed by atoms with Crippen molar-refractivity contribution in [1.82, 2.24) is 10.6 Å². The molecule has 1 aliphatic rings. The molecule has 1 aromatic carbocycles. The van der Waals surface area contributed by atoms with Crippen LogP contribution >= 0.6 is 12.4 Å². The van der Waals surface area contributed by atoms with E-state index in [-0.39, 0.29) is 35.7 Å². The van der Waals surface area contributed by atoms with E-state index in [1.165, 1.54) is 12.1 Å². The molecule has 0 bridgehead atoms. The molecule has 2 atom stereocenters. The van der Waals surface area contributed by atoms with Gasteiger partial charge in [-0.3, -0.25) is 4.79 Å². The zero-order valence-electron chi connectivity index (χ0n) is 12.3. The van der Waals surface area contributed by atoms with Crippen LogP contribution < -0.4 is 15.4 Å². The van der Waals surface area contributed by atoms with Crippen LogP contribution in [0.1, 0.15) is 37.0 Å². The highest BCUT2D eigenvalue weighted by molar-refractivity contribution is 5.97. The number of amides is 1. The van der Waals surface area contributed by atoms with Gasteiger partial charge < -0.3 is 15.4 Å². The quantitative estimate of drug-likeness (QED) is 0.897. The highest BCUT2D eigenvalue weighted by atomic mass is 35.5. The fourth-order valence-electron chi connectivity index (χ4n) is 2.50. The summed E-state index contributed by atoms with van der Waals surface area (Å²) in [5.74, 6) is -0.736. The molecule has 1 amide bonds. The topological polar surface area (TPSA) is 50.4 Å². The van der Waals surface area contributed by atoms with E-state index in [2.05, 4.69) is 17.6 Å². The lowest BCUT2D eigenvalue weighted by Crippen LogP contribution is -2.46. The zero-order valence-corrected chi connectivity index (χ0v) is 13.1. The molecule has 0 spiro atoms. The molecule has 0 radical (unpaired) electrons. The van der Waals surface area contributed by atoms with Gasteiger partial charge in [-0.05, 0) is 45.4 Å². The van der Waals surface area contributed by atoms with Gasteiger partial charge in [-0.2, -0.15) is 0 Å². The smallest absolute Gasteiger partial charge is 0.255 e. The van der Waals surface area contributed by atoms with Gasteiger partial charge in [-0.1, -0.05) is 6.07 Å². The molecule has 1 aromatic rings. The van der Waals surface area contributed by atoms with Gasteiger partial charge in [-0.25, -0.2) is 4.39 Å². The van der Waals surface area contributed by atoms with Crippen LogP contribution in [-0.4, -0.2) is 31.1 Å². The molecular weight excluding hydrogens is 295 g/mol. The Morgan fingerprint density at radius 1 is 1.52 bits per heavy atom. The second-order valence-corrected chi connectivity index (χ2v) is 5.10. The number of carbonyl (C=O) groups excluding carboxylic acids is 1. The number of hydrogen-bond acceptors (Lipinski definition) is 3. The van der Waals surface area contributed by atoms with Crippen molar-refractivity contribution in [3.63, 3.8) is 0 Å². The third-order valence-electron chi connectivity index (χ3n) is 3.46. The summed E-state index contributed by atoms with van der Waals surface area (Å²) in [5.41, 5.74) is 0.262. The summed E-state index contributed by atoms with van der Waals surface area (Å²) < 4.78 is 19.0. The maximum atomic E-state index is 13.7. The molecule has 0 aromatic heterocycles. The summed E-state index contributed by atoms with van der Waals surface area (Å²) >= 11 is 0. The van der Waals surface area contributed by atoms with Crippen LogP contribution in [0.15, 0.2) is 18.2 Å².